The lowest BCUT2D eigenvalue weighted by atomic mass is 9.41. The van der Waals surface area contributed by atoms with Crippen LogP contribution >= 0.6 is 0 Å². The van der Waals surface area contributed by atoms with E-state index in [4.69, 9.17) is 9.29 Å². The van der Waals surface area contributed by atoms with Gasteiger partial charge in [-0.15, -0.1) is 0 Å². The van der Waals surface area contributed by atoms with Crippen molar-refractivity contribution >= 4 is 33.6 Å². The molecule has 4 aliphatic carbocycles. The normalized spacial score (nSPS) is 35.3. The van der Waals surface area contributed by atoms with E-state index in [1.807, 2.05) is 13.0 Å². The van der Waals surface area contributed by atoms with Gasteiger partial charge in [0.2, 0.25) is 11.7 Å². The fraction of sp³-hybridized carbons (Fsp3) is 0.765. The zero-order valence-electron chi connectivity index (χ0n) is 27.8. The first kappa shape index (κ1) is 36.4. The molecule has 3 N–H and O–H groups in total. The van der Waals surface area contributed by atoms with Gasteiger partial charge in [-0.2, -0.15) is 8.42 Å². The van der Waals surface area contributed by atoms with Crippen molar-refractivity contribution in [2.75, 3.05) is 26.0 Å². The smallest absolute Gasteiger partial charge is 0.306 e. The number of hydrogen-bond acceptors (Lipinski definition) is 9. The number of fused-ring (bicyclic) bond motifs is 5. The maximum Gasteiger partial charge on any atom is 0.306 e. The fourth-order valence-electron chi connectivity index (χ4n) is 9.26. The SMILES string of the molecule is CC1=C2CC(=O)C=C[C@]2(C)[C@@H]2[C@@H](C1)[C@]1(C)CC[C@](O)(C(=O)COC(=O)CCCCCCC(=O)N(C)CCS(=O)(=O)O)[C@@]1(C)C[C@@H]2O. The van der Waals surface area contributed by atoms with Gasteiger partial charge < -0.3 is 19.8 Å². The molecule has 46 heavy (non-hydrogen) atoms. The largest absolute Gasteiger partial charge is 0.458 e. The summed E-state index contributed by atoms with van der Waals surface area (Å²) in [7, 11) is -2.66. The maximum atomic E-state index is 13.6. The van der Waals surface area contributed by atoms with Crippen LogP contribution in [-0.2, 0) is 34.0 Å². The van der Waals surface area contributed by atoms with Crippen molar-refractivity contribution in [3.05, 3.63) is 23.3 Å². The van der Waals surface area contributed by atoms with Crippen LogP contribution in [0.2, 0.25) is 0 Å². The molecule has 11 nitrogen and oxygen atoms in total. The molecular formula is C34H51NO10S. The van der Waals surface area contributed by atoms with E-state index < -0.39 is 62.2 Å². The van der Waals surface area contributed by atoms with Crippen molar-refractivity contribution in [2.45, 2.75) is 110 Å². The molecule has 12 heteroatoms. The van der Waals surface area contributed by atoms with Crippen LogP contribution in [-0.4, -0.2) is 89.2 Å². The first-order valence-corrected chi connectivity index (χ1v) is 18.1. The highest BCUT2D eigenvalue weighted by molar-refractivity contribution is 7.85. The minimum atomic E-state index is -4.13. The van der Waals surface area contributed by atoms with Gasteiger partial charge >= 0.3 is 5.97 Å². The van der Waals surface area contributed by atoms with Crippen LogP contribution in [0.25, 0.3) is 0 Å². The predicted octanol–water partition coefficient (Wildman–Crippen LogP) is 3.58. The number of Topliss-reactive ketones (excluding diaryl/α,β-unsaturated/α-hetero) is 1. The third-order valence-corrected chi connectivity index (χ3v) is 13.0. The second kappa shape index (κ2) is 13.2. The molecule has 258 valence electrons. The predicted molar refractivity (Wildman–Crippen MR) is 170 cm³/mol. The summed E-state index contributed by atoms with van der Waals surface area (Å²) in [5, 5.41) is 23.7. The van der Waals surface area contributed by atoms with Crippen LogP contribution in [0.3, 0.4) is 0 Å². The zero-order chi connectivity index (χ0) is 34.3. The molecule has 0 unspecified atom stereocenters. The van der Waals surface area contributed by atoms with E-state index in [0.29, 0.717) is 44.9 Å². The molecule has 0 radical (unpaired) electrons. The van der Waals surface area contributed by atoms with Gasteiger partial charge in [-0.25, -0.2) is 0 Å². The maximum absolute atomic E-state index is 13.6. The molecule has 0 spiro atoms. The van der Waals surface area contributed by atoms with Crippen molar-refractivity contribution in [2.24, 2.45) is 28.1 Å². The molecule has 0 aromatic rings. The Morgan fingerprint density at radius 1 is 1.07 bits per heavy atom. The van der Waals surface area contributed by atoms with Crippen LogP contribution in [0.15, 0.2) is 23.3 Å². The van der Waals surface area contributed by atoms with E-state index in [0.717, 1.165) is 11.1 Å². The number of ketones is 2. The molecule has 2 saturated carbocycles. The summed E-state index contributed by atoms with van der Waals surface area (Å²) in [5.74, 6) is -1.92. The number of ether oxygens (including phenoxy) is 1. The summed E-state index contributed by atoms with van der Waals surface area (Å²) < 4.78 is 35.8. The molecule has 0 heterocycles. The molecule has 7 atom stereocenters. The zero-order valence-corrected chi connectivity index (χ0v) is 28.7. The molecule has 0 aromatic carbocycles. The van der Waals surface area contributed by atoms with Gasteiger partial charge in [0.05, 0.1) is 11.9 Å². The highest BCUT2D eigenvalue weighted by atomic mass is 32.2. The summed E-state index contributed by atoms with van der Waals surface area (Å²) in [5.41, 5.74) is -1.41. The second-order valence-electron chi connectivity index (χ2n) is 14.8. The average Bonchev–Trinajstić information content (AvgIpc) is 3.19. The Bertz CT molecular complexity index is 1420. The topological polar surface area (TPSA) is 176 Å². The lowest BCUT2D eigenvalue weighted by Gasteiger charge is -2.64. The molecular weight excluding hydrogens is 614 g/mol. The number of aliphatic hydroxyl groups is 2. The third-order valence-electron chi connectivity index (χ3n) is 12.3. The standard InChI is InChI=1S/C34H51NO10S/c1-22-18-25-30(31(2)13-12-23(36)19-24(22)31)26(37)20-33(4)32(25,3)14-15-34(33,41)27(38)21-45-29(40)11-9-7-6-8-10-28(39)35(5)16-17-46(42,43)44/h12-13,25-26,30,37,41H,6-11,14-21H2,1-5H3,(H,42,43,44)/t25-,26+,30-,31+,32+,33+,34+/m1/s1. The van der Waals surface area contributed by atoms with E-state index in [1.165, 1.54) is 11.9 Å². The number of carbonyl (C=O) groups is 4. The van der Waals surface area contributed by atoms with Crippen LogP contribution in [0.1, 0.15) is 98.3 Å². The Balaban J connectivity index is 1.29. The monoisotopic (exact) mass is 665 g/mol. The van der Waals surface area contributed by atoms with Gasteiger partial charge in [0.15, 0.2) is 12.4 Å². The lowest BCUT2D eigenvalue weighted by Crippen LogP contribution is -2.65. The Morgan fingerprint density at radius 3 is 2.37 bits per heavy atom. The van der Waals surface area contributed by atoms with E-state index in [1.54, 1.807) is 6.08 Å². The molecule has 0 aliphatic heterocycles. The minimum absolute atomic E-state index is 0.00962. The number of carbonyl (C=O) groups excluding carboxylic acids is 4. The molecule has 2 fully saturated rings. The van der Waals surface area contributed by atoms with E-state index in [-0.39, 0.29) is 55.8 Å². The number of hydrogen-bond donors (Lipinski definition) is 3. The summed E-state index contributed by atoms with van der Waals surface area (Å²) in [6.45, 7) is 7.54. The van der Waals surface area contributed by atoms with Crippen molar-refractivity contribution in [1.82, 2.24) is 4.90 Å². The van der Waals surface area contributed by atoms with Gasteiger partial charge in [-0.1, -0.05) is 50.8 Å². The van der Waals surface area contributed by atoms with Gasteiger partial charge in [0.25, 0.3) is 10.1 Å². The van der Waals surface area contributed by atoms with Crippen molar-refractivity contribution < 1.29 is 47.1 Å². The Kier molecular flexibility index (Phi) is 10.5. The number of aliphatic hydroxyl groups excluding tert-OH is 1. The van der Waals surface area contributed by atoms with E-state index in [2.05, 4.69) is 20.8 Å². The Hall–Kier alpha value is -2.41. The quantitative estimate of drug-likeness (QED) is 0.114. The van der Waals surface area contributed by atoms with Crippen LogP contribution in [0.5, 0.6) is 0 Å². The van der Waals surface area contributed by atoms with Crippen LogP contribution < -0.4 is 0 Å². The minimum Gasteiger partial charge on any atom is -0.458 e. The molecule has 1 amide bonds. The summed E-state index contributed by atoms with van der Waals surface area (Å²) >= 11 is 0. The summed E-state index contributed by atoms with van der Waals surface area (Å²) in [6, 6.07) is 0. The van der Waals surface area contributed by atoms with Gasteiger partial charge in [0, 0.05) is 49.6 Å². The highest BCUT2D eigenvalue weighted by Crippen LogP contribution is 2.72. The first-order valence-electron chi connectivity index (χ1n) is 16.5. The number of nitrogens with zero attached hydrogens (tertiary/aromatic N) is 1. The van der Waals surface area contributed by atoms with Crippen molar-refractivity contribution in [1.29, 1.82) is 0 Å². The lowest BCUT2D eigenvalue weighted by molar-refractivity contribution is -0.201. The molecule has 4 rings (SSSR count). The Morgan fingerprint density at radius 2 is 1.72 bits per heavy atom. The van der Waals surface area contributed by atoms with Gasteiger partial charge in [-0.3, -0.25) is 23.7 Å². The molecule has 0 aromatic heterocycles. The third kappa shape index (κ3) is 6.64. The van der Waals surface area contributed by atoms with Crippen LogP contribution in [0, 0.1) is 28.1 Å². The van der Waals surface area contributed by atoms with Crippen molar-refractivity contribution in [3.8, 4) is 0 Å². The number of allylic oxidation sites excluding steroid dienone is 4. The average molecular weight is 666 g/mol. The number of esters is 1. The first-order chi connectivity index (χ1) is 21.3. The summed E-state index contributed by atoms with van der Waals surface area (Å²) in [6.07, 6.45) is 7.58. The second-order valence-corrected chi connectivity index (χ2v) is 16.4. The number of unbranched alkanes of at least 4 members (excludes halogenated alkanes) is 3. The fourth-order valence-corrected chi connectivity index (χ4v) is 9.76. The van der Waals surface area contributed by atoms with Gasteiger partial charge in [-0.05, 0) is 62.9 Å². The van der Waals surface area contributed by atoms with Gasteiger partial charge in [0.1, 0.15) is 5.60 Å². The molecule has 0 bridgehead atoms. The Labute approximate surface area is 272 Å². The number of amides is 1. The number of rotatable bonds is 13. The molecule has 0 saturated heterocycles. The molecule has 4 aliphatic rings. The van der Waals surface area contributed by atoms with Crippen LogP contribution in [0.4, 0.5) is 0 Å². The van der Waals surface area contributed by atoms with E-state index >= 15 is 0 Å². The summed E-state index contributed by atoms with van der Waals surface area (Å²) in [4.78, 5) is 51.7. The van der Waals surface area contributed by atoms with Crippen molar-refractivity contribution in [3.63, 3.8) is 0 Å². The van der Waals surface area contributed by atoms with E-state index in [9.17, 15) is 37.8 Å². The highest BCUT2D eigenvalue weighted by Gasteiger charge is 2.73.